The first-order valence-corrected chi connectivity index (χ1v) is 9.46. The molecule has 1 saturated carbocycles. The molecular formula is C21H25ClN4O2. The highest BCUT2D eigenvalue weighted by atomic mass is 35.5. The Balaban J connectivity index is 0.00000225. The van der Waals surface area contributed by atoms with Gasteiger partial charge in [-0.1, -0.05) is 19.1 Å². The molecule has 0 radical (unpaired) electrons. The smallest absolute Gasteiger partial charge is 0.254 e. The van der Waals surface area contributed by atoms with E-state index in [0.29, 0.717) is 30.3 Å². The Kier molecular flexibility index (Phi) is 6.31. The number of carbonyl (C=O) groups is 2. The second kappa shape index (κ2) is 8.71. The number of rotatable bonds is 4. The number of anilines is 1. The molecule has 2 heterocycles. The molecule has 1 aromatic carbocycles. The predicted octanol–water partition coefficient (Wildman–Crippen LogP) is 2.88. The second-order valence-corrected chi connectivity index (χ2v) is 7.39. The van der Waals surface area contributed by atoms with Crippen molar-refractivity contribution < 1.29 is 9.59 Å². The van der Waals surface area contributed by atoms with Crippen molar-refractivity contribution in [3.05, 3.63) is 59.9 Å². The minimum atomic E-state index is -0.0505. The molecule has 0 spiro atoms. The lowest BCUT2D eigenvalue weighted by Crippen LogP contribution is -2.48. The minimum Gasteiger partial charge on any atom is -0.329 e. The number of nitrogens with zero attached hydrogens (tertiary/aromatic N) is 2. The van der Waals surface area contributed by atoms with Crippen LogP contribution in [0.3, 0.4) is 0 Å². The third-order valence-electron chi connectivity index (χ3n) is 5.40. The molecule has 0 bridgehead atoms. The third-order valence-corrected chi connectivity index (χ3v) is 5.40. The monoisotopic (exact) mass is 400 g/mol. The van der Waals surface area contributed by atoms with Crippen LogP contribution in [-0.4, -0.2) is 41.3 Å². The zero-order valence-corrected chi connectivity index (χ0v) is 16.6. The molecule has 4 rings (SSSR count). The van der Waals surface area contributed by atoms with Crippen molar-refractivity contribution in [2.75, 3.05) is 25.0 Å². The van der Waals surface area contributed by atoms with Crippen LogP contribution in [0.2, 0.25) is 0 Å². The van der Waals surface area contributed by atoms with Gasteiger partial charge < -0.3 is 15.5 Å². The molecule has 2 aromatic rings. The summed E-state index contributed by atoms with van der Waals surface area (Å²) in [5, 5.41) is 6.30. The first-order chi connectivity index (χ1) is 13.1. The molecule has 2 fully saturated rings. The van der Waals surface area contributed by atoms with Gasteiger partial charge in [-0.25, -0.2) is 0 Å². The van der Waals surface area contributed by atoms with Gasteiger partial charge in [-0.2, -0.15) is 0 Å². The number of pyridine rings is 1. The van der Waals surface area contributed by atoms with E-state index in [1.165, 1.54) is 0 Å². The molecule has 7 heteroatoms. The standard InChI is InChI=1S/C21H24N4O2.ClH/c1-14-10-18(14)20(26)24-17-6-2-4-15(11-17)21(27)25-9-8-23-13-19(25)16-5-3-7-22-12-16;/h2-7,11-12,14,18-19,23H,8-10,13H2,1H3,(H,24,26);1H. The summed E-state index contributed by atoms with van der Waals surface area (Å²) in [6.45, 7) is 4.17. The molecular weight excluding hydrogens is 376 g/mol. The fourth-order valence-electron chi connectivity index (χ4n) is 3.64. The zero-order chi connectivity index (χ0) is 18.8. The SMILES string of the molecule is CC1CC1C(=O)Nc1cccc(C(=O)N2CCNCC2c2cccnc2)c1.Cl. The summed E-state index contributed by atoms with van der Waals surface area (Å²) < 4.78 is 0. The van der Waals surface area contributed by atoms with Crippen LogP contribution in [0, 0.1) is 11.8 Å². The van der Waals surface area contributed by atoms with E-state index in [0.717, 1.165) is 18.5 Å². The largest absolute Gasteiger partial charge is 0.329 e. The number of hydrogen-bond acceptors (Lipinski definition) is 4. The average Bonchev–Trinajstić information content (AvgIpc) is 3.45. The average molecular weight is 401 g/mol. The van der Waals surface area contributed by atoms with Crippen molar-refractivity contribution in [2.24, 2.45) is 11.8 Å². The van der Waals surface area contributed by atoms with Gasteiger partial charge in [-0.3, -0.25) is 14.6 Å². The number of halogens is 1. The van der Waals surface area contributed by atoms with Crippen LogP contribution in [0.1, 0.15) is 35.3 Å². The van der Waals surface area contributed by atoms with Gasteiger partial charge in [-0.05, 0) is 42.2 Å². The fourth-order valence-corrected chi connectivity index (χ4v) is 3.64. The summed E-state index contributed by atoms with van der Waals surface area (Å²) in [6, 6.07) is 11.1. The summed E-state index contributed by atoms with van der Waals surface area (Å²) in [5.74, 6) is 0.576. The van der Waals surface area contributed by atoms with E-state index in [1.807, 2.05) is 35.4 Å². The molecule has 2 amide bonds. The number of aromatic nitrogens is 1. The van der Waals surface area contributed by atoms with Gasteiger partial charge >= 0.3 is 0 Å². The molecule has 6 nitrogen and oxygen atoms in total. The third kappa shape index (κ3) is 4.34. The van der Waals surface area contributed by atoms with Gasteiger partial charge in [0.05, 0.1) is 6.04 Å². The summed E-state index contributed by atoms with van der Waals surface area (Å²) in [4.78, 5) is 31.4. The van der Waals surface area contributed by atoms with E-state index in [-0.39, 0.29) is 36.2 Å². The topological polar surface area (TPSA) is 74.3 Å². The normalized spacial score (nSPS) is 23.5. The number of amides is 2. The lowest BCUT2D eigenvalue weighted by molar-refractivity contribution is -0.117. The molecule has 28 heavy (non-hydrogen) atoms. The van der Waals surface area contributed by atoms with Crippen molar-refractivity contribution in [3.63, 3.8) is 0 Å². The Bertz CT molecular complexity index is 845. The first-order valence-electron chi connectivity index (χ1n) is 9.46. The summed E-state index contributed by atoms with van der Waals surface area (Å²) >= 11 is 0. The van der Waals surface area contributed by atoms with Gasteiger partial charge in [0, 0.05) is 49.2 Å². The Morgan fingerprint density at radius 1 is 1.25 bits per heavy atom. The summed E-state index contributed by atoms with van der Waals surface area (Å²) in [6.07, 6.45) is 4.49. The predicted molar refractivity (Wildman–Crippen MR) is 110 cm³/mol. The van der Waals surface area contributed by atoms with Crippen LogP contribution in [-0.2, 0) is 4.79 Å². The number of benzene rings is 1. The van der Waals surface area contributed by atoms with E-state index < -0.39 is 0 Å². The Morgan fingerprint density at radius 3 is 2.79 bits per heavy atom. The lowest BCUT2D eigenvalue weighted by atomic mass is 10.0. The maximum atomic E-state index is 13.2. The molecule has 1 aliphatic heterocycles. The molecule has 3 unspecified atom stereocenters. The highest BCUT2D eigenvalue weighted by Crippen LogP contribution is 2.38. The van der Waals surface area contributed by atoms with E-state index >= 15 is 0 Å². The summed E-state index contributed by atoms with van der Waals surface area (Å²) in [7, 11) is 0. The second-order valence-electron chi connectivity index (χ2n) is 7.39. The quantitative estimate of drug-likeness (QED) is 0.827. The number of carbonyl (C=O) groups excluding carboxylic acids is 2. The Hall–Kier alpha value is -2.44. The van der Waals surface area contributed by atoms with E-state index in [9.17, 15) is 9.59 Å². The zero-order valence-electron chi connectivity index (χ0n) is 15.8. The minimum absolute atomic E-state index is 0. The van der Waals surface area contributed by atoms with Crippen molar-refractivity contribution in [1.82, 2.24) is 15.2 Å². The maximum absolute atomic E-state index is 13.2. The number of hydrogen-bond donors (Lipinski definition) is 2. The van der Waals surface area contributed by atoms with Crippen LogP contribution in [0.25, 0.3) is 0 Å². The van der Waals surface area contributed by atoms with E-state index in [1.54, 1.807) is 18.3 Å². The van der Waals surface area contributed by atoms with Gasteiger partial charge in [-0.15, -0.1) is 12.4 Å². The van der Waals surface area contributed by atoms with Crippen LogP contribution in [0.5, 0.6) is 0 Å². The van der Waals surface area contributed by atoms with Gasteiger partial charge in [0.1, 0.15) is 0 Å². The van der Waals surface area contributed by atoms with E-state index in [2.05, 4.69) is 22.5 Å². The molecule has 2 aliphatic rings. The van der Waals surface area contributed by atoms with Crippen molar-refractivity contribution in [2.45, 2.75) is 19.4 Å². The highest BCUT2D eigenvalue weighted by molar-refractivity contribution is 5.98. The fraction of sp³-hybridized carbons (Fsp3) is 0.381. The summed E-state index contributed by atoms with van der Waals surface area (Å²) in [5.41, 5.74) is 2.29. The van der Waals surface area contributed by atoms with E-state index in [4.69, 9.17) is 0 Å². The molecule has 148 valence electrons. The first kappa shape index (κ1) is 20.3. The Morgan fingerprint density at radius 2 is 2.07 bits per heavy atom. The van der Waals surface area contributed by atoms with Crippen LogP contribution >= 0.6 is 12.4 Å². The molecule has 3 atom stereocenters. The van der Waals surface area contributed by atoms with Crippen molar-refractivity contribution >= 4 is 29.9 Å². The van der Waals surface area contributed by atoms with Gasteiger partial charge in [0.15, 0.2) is 0 Å². The van der Waals surface area contributed by atoms with Gasteiger partial charge in [0.25, 0.3) is 5.91 Å². The van der Waals surface area contributed by atoms with Crippen molar-refractivity contribution in [1.29, 1.82) is 0 Å². The van der Waals surface area contributed by atoms with Crippen LogP contribution in [0.15, 0.2) is 48.8 Å². The molecule has 1 aliphatic carbocycles. The lowest BCUT2D eigenvalue weighted by Gasteiger charge is -2.36. The molecule has 1 saturated heterocycles. The van der Waals surface area contributed by atoms with Gasteiger partial charge in [0.2, 0.25) is 5.91 Å². The molecule has 2 N–H and O–H groups in total. The Labute approximate surface area is 171 Å². The van der Waals surface area contributed by atoms with Crippen LogP contribution < -0.4 is 10.6 Å². The van der Waals surface area contributed by atoms with Crippen molar-refractivity contribution in [3.8, 4) is 0 Å². The maximum Gasteiger partial charge on any atom is 0.254 e. The van der Waals surface area contributed by atoms with Crippen LogP contribution in [0.4, 0.5) is 5.69 Å². The number of piperazine rings is 1. The molecule has 1 aromatic heterocycles. The highest BCUT2D eigenvalue weighted by Gasteiger charge is 2.39. The number of nitrogens with one attached hydrogen (secondary N) is 2.